The first-order valence-corrected chi connectivity index (χ1v) is 5.67. The van der Waals surface area contributed by atoms with Gasteiger partial charge in [0, 0.05) is 24.4 Å². The Kier molecular flexibility index (Phi) is 2.78. The molecule has 0 atom stereocenters. The lowest BCUT2D eigenvalue weighted by Crippen LogP contribution is -2.25. The van der Waals surface area contributed by atoms with Crippen LogP contribution in [0.2, 0.25) is 0 Å². The molecule has 0 saturated heterocycles. The number of aromatic nitrogens is 2. The third-order valence-corrected chi connectivity index (χ3v) is 2.90. The Balaban J connectivity index is 1.85. The molecule has 1 heterocycles. The molecule has 0 aliphatic heterocycles. The Morgan fingerprint density at radius 1 is 1.47 bits per heavy atom. The van der Waals surface area contributed by atoms with Gasteiger partial charge in [-0.25, -0.2) is 0 Å². The molecule has 2 rings (SSSR count). The minimum absolute atomic E-state index is 0.216. The van der Waals surface area contributed by atoms with E-state index in [-0.39, 0.29) is 5.41 Å². The molecule has 4 heteroatoms. The predicted octanol–water partition coefficient (Wildman–Crippen LogP) is 1.66. The summed E-state index contributed by atoms with van der Waals surface area (Å²) in [6, 6.07) is 0.508. The lowest BCUT2D eigenvalue weighted by atomic mass is 10.1. The topological polar surface area (TPSA) is 51.0 Å². The molecule has 0 amide bonds. The van der Waals surface area contributed by atoms with Gasteiger partial charge in [-0.3, -0.25) is 0 Å². The van der Waals surface area contributed by atoms with Crippen molar-refractivity contribution < 1.29 is 4.52 Å². The van der Waals surface area contributed by atoms with E-state index in [1.54, 1.807) is 0 Å². The van der Waals surface area contributed by atoms with Crippen LogP contribution in [0.3, 0.4) is 0 Å². The Bertz CT molecular complexity index is 328. The molecule has 0 spiro atoms. The average Bonchev–Trinajstić information content (AvgIpc) is 2.76. The number of nitrogens with one attached hydrogen (secondary N) is 1. The molecule has 1 saturated carbocycles. The van der Waals surface area contributed by atoms with Crippen LogP contribution in [-0.4, -0.2) is 22.7 Å². The number of rotatable bonds is 5. The molecule has 0 unspecified atom stereocenters. The van der Waals surface area contributed by atoms with Crippen LogP contribution >= 0.6 is 0 Å². The van der Waals surface area contributed by atoms with E-state index in [0.717, 1.165) is 24.7 Å². The highest BCUT2D eigenvalue weighted by Gasteiger charge is 2.43. The molecule has 15 heavy (non-hydrogen) atoms. The van der Waals surface area contributed by atoms with Crippen LogP contribution in [0.15, 0.2) is 4.52 Å². The predicted molar refractivity (Wildman–Crippen MR) is 57.7 cm³/mol. The van der Waals surface area contributed by atoms with Crippen molar-refractivity contribution in [2.45, 2.75) is 51.5 Å². The third kappa shape index (κ3) is 2.56. The largest absolute Gasteiger partial charge is 0.339 e. The second-order valence-corrected chi connectivity index (χ2v) is 4.93. The number of hydrogen-bond acceptors (Lipinski definition) is 4. The lowest BCUT2D eigenvalue weighted by molar-refractivity contribution is 0.366. The zero-order chi connectivity index (χ0) is 10.9. The first-order chi connectivity index (χ1) is 7.10. The van der Waals surface area contributed by atoms with Crippen molar-refractivity contribution in [2.24, 2.45) is 0 Å². The Hall–Kier alpha value is -0.900. The zero-order valence-corrected chi connectivity index (χ0v) is 9.71. The van der Waals surface area contributed by atoms with Crippen molar-refractivity contribution in [3.8, 4) is 0 Å². The van der Waals surface area contributed by atoms with Crippen molar-refractivity contribution in [3.05, 3.63) is 11.7 Å². The molecule has 4 nitrogen and oxygen atoms in total. The van der Waals surface area contributed by atoms with Gasteiger partial charge in [0.25, 0.3) is 0 Å². The number of nitrogens with zero attached hydrogens (tertiary/aromatic N) is 2. The minimum atomic E-state index is 0.216. The van der Waals surface area contributed by atoms with E-state index in [0.29, 0.717) is 6.04 Å². The van der Waals surface area contributed by atoms with Crippen molar-refractivity contribution in [3.63, 3.8) is 0 Å². The van der Waals surface area contributed by atoms with E-state index in [2.05, 4.69) is 36.2 Å². The molecule has 1 aliphatic rings. The van der Waals surface area contributed by atoms with Gasteiger partial charge in [0.1, 0.15) is 0 Å². The Morgan fingerprint density at radius 3 is 2.80 bits per heavy atom. The van der Waals surface area contributed by atoms with Gasteiger partial charge in [-0.05, 0) is 12.8 Å². The zero-order valence-electron chi connectivity index (χ0n) is 9.71. The SMILES string of the molecule is CC(C)NCCc1nc(C2(C)CC2)no1. The summed E-state index contributed by atoms with van der Waals surface area (Å²) >= 11 is 0. The second-order valence-electron chi connectivity index (χ2n) is 4.93. The van der Waals surface area contributed by atoms with Gasteiger partial charge < -0.3 is 9.84 Å². The summed E-state index contributed by atoms with van der Waals surface area (Å²) in [5.74, 6) is 1.65. The highest BCUT2D eigenvalue weighted by molar-refractivity contribution is 5.14. The van der Waals surface area contributed by atoms with Crippen LogP contribution in [0.25, 0.3) is 0 Å². The van der Waals surface area contributed by atoms with Crippen LogP contribution < -0.4 is 5.32 Å². The quantitative estimate of drug-likeness (QED) is 0.801. The molecule has 0 aromatic carbocycles. The van der Waals surface area contributed by atoms with Crippen LogP contribution in [0, 0.1) is 0 Å². The van der Waals surface area contributed by atoms with Gasteiger partial charge >= 0.3 is 0 Å². The van der Waals surface area contributed by atoms with E-state index >= 15 is 0 Å². The standard InChI is InChI=1S/C11H19N3O/c1-8(2)12-7-4-9-13-10(14-15-9)11(3)5-6-11/h8,12H,4-7H2,1-3H3. The van der Waals surface area contributed by atoms with E-state index < -0.39 is 0 Å². The van der Waals surface area contributed by atoms with Crippen LogP contribution in [-0.2, 0) is 11.8 Å². The van der Waals surface area contributed by atoms with Gasteiger partial charge in [0.05, 0.1) is 0 Å². The lowest BCUT2D eigenvalue weighted by Gasteiger charge is -2.04. The maximum atomic E-state index is 5.21. The molecule has 0 radical (unpaired) electrons. The molecule has 1 aromatic rings. The van der Waals surface area contributed by atoms with E-state index in [1.165, 1.54) is 12.8 Å². The van der Waals surface area contributed by atoms with Gasteiger partial charge in [-0.2, -0.15) is 4.98 Å². The summed E-state index contributed by atoms with van der Waals surface area (Å²) in [4.78, 5) is 4.42. The first kappa shape index (κ1) is 10.6. The molecule has 0 bridgehead atoms. The third-order valence-electron chi connectivity index (χ3n) is 2.90. The molecular weight excluding hydrogens is 190 g/mol. The average molecular weight is 209 g/mol. The maximum Gasteiger partial charge on any atom is 0.227 e. The van der Waals surface area contributed by atoms with Crippen molar-refractivity contribution >= 4 is 0 Å². The fourth-order valence-corrected chi connectivity index (χ4v) is 1.48. The smallest absolute Gasteiger partial charge is 0.227 e. The summed E-state index contributed by atoms with van der Waals surface area (Å²) in [5, 5.41) is 7.36. The van der Waals surface area contributed by atoms with E-state index in [9.17, 15) is 0 Å². The highest BCUT2D eigenvalue weighted by atomic mass is 16.5. The fourth-order valence-electron chi connectivity index (χ4n) is 1.48. The Morgan fingerprint density at radius 2 is 2.20 bits per heavy atom. The normalized spacial score (nSPS) is 18.4. The van der Waals surface area contributed by atoms with Crippen molar-refractivity contribution in [1.82, 2.24) is 15.5 Å². The summed E-state index contributed by atoms with van der Waals surface area (Å²) < 4.78 is 5.21. The van der Waals surface area contributed by atoms with Crippen LogP contribution in [0.1, 0.15) is 45.3 Å². The van der Waals surface area contributed by atoms with Crippen molar-refractivity contribution in [1.29, 1.82) is 0 Å². The fraction of sp³-hybridized carbons (Fsp3) is 0.818. The molecule has 1 N–H and O–H groups in total. The van der Waals surface area contributed by atoms with Gasteiger partial charge in [0.2, 0.25) is 5.89 Å². The van der Waals surface area contributed by atoms with Gasteiger partial charge in [0.15, 0.2) is 5.82 Å². The summed E-state index contributed by atoms with van der Waals surface area (Å²) in [5.41, 5.74) is 0.216. The minimum Gasteiger partial charge on any atom is -0.339 e. The van der Waals surface area contributed by atoms with E-state index in [1.807, 2.05) is 0 Å². The van der Waals surface area contributed by atoms with Crippen molar-refractivity contribution in [2.75, 3.05) is 6.54 Å². The first-order valence-electron chi connectivity index (χ1n) is 5.67. The summed E-state index contributed by atoms with van der Waals surface area (Å²) in [7, 11) is 0. The molecule has 1 aromatic heterocycles. The summed E-state index contributed by atoms with van der Waals surface area (Å²) in [6.45, 7) is 7.35. The van der Waals surface area contributed by atoms with Gasteiger partial charge in [-0.1, -0.05) is 25.9 Å². The molecule has 1 fully saturated rings. The second kappa shape index (κ2) is 3.93. The Labute approximate surface area is 90.4 Å². The number of hydrogen-bond donors (Lipinski definition) is 1. The van der Waals surface area contributed by atoms with Gasteiger partial charge in [-0.15, -0.1) is 0 Å². The van der Waals surface area contributed by atoms with Crippen LogP contribution in [0.5, 0.6) is 0 Å². The van der Waals surface area contributed by atoms with E-state index in [4.69, 9.17) is 4.52 Å². The maximum absolute atomic E-state index is 5.21. The summed E-state index contributed by atoms with van der Waals surface area (Å²) in [6.07, 6.45) is 3.20. The molecule has 1 aliphatic carbocycles. The van der Waals surface area contributed by atoms with Crippen LogP contribution in [0.4, 0.5) is 0 Å². The highest BCUT2D eigenvalue weighted by Crippen LogP contribution is 2.45. The molecular formula is C11H19N3O. The monoisotopic (exact) mass is 209 g/mol. The molecule has 84 valence electrons.